The van der Waals surface area contributed by atoms with Gasteiger partial charge in [-0.2, -0.15) is 0 Å². The van der Waals surface area contributed by atoms with Crippen LogP contribution in [0.2, 0.25) is 0 Å². The number of aliphatic hydroxyl groups excluding tert-OH is 1. The fourth-order valence-electron chi connectivity index (χ4n) is 2.55. The van der Waals surface area contributed by atoms with Crippen LogP contribution < -0.4 is 0 Å². The second-order valence-electron chi connectivity index (χ2n) is 5.42. The van der Waals surface area contributed by atoms with E-state index >= 15 is 0 Å². The molecule has 1 aromatic carbocycles. The zero-order valence-electron chi connectivity index (χ0n) is 11.9. The standard InChI is InChI=1S/C14H17FN2O4/c1-8-5-11(17(20)21)6-12(13(8)15)14(19)16-4-3-10(7-16)9(2)18/h5-6,9-10,18H,3-4,7H2,1-2H3. The van der Waals surface area contributed by atoms with Gasteiger partial charge in [0.05, 0.1) is 16.6 Å². The summed E-state index contributed by atoms with van der Waals surface area (Å²) in [6.07, 6.45) is 0.0957. The highest BCUT2D eigenvalue weighted by molar-refractivity contribution is 5.95. The number of nitro groups is 1. The van der Waals surface area contributed by atoms with Gasteiger partial charge in [0.15, 0.2) is 0 Å². The van der Waals surface area contributed by atoms with Crippen LogP contribution in [0.3, 0.4) is 0 Å². The smallest absolute Gasteiger partial charge is 0.270 e. The number of halogens is 1. The van der Waals surface area contributed by atoms with Crippen LogP contribution in [-0.2, 0) is 0 Å². The molecule has 1 aromatic rings. The monoisotopic (exact) mass is 296 g/mol. The Hall–Kier alpha value is -2.02. The number of nitro benzene ring substituents is 1. The molecule has 1 aliphatic heterocycles. The third-order valence-corrected chi connectivity index (χ3v) is 3.87. The van der Waals surface area contributed by atoms with Gasteiger partial charge in [0.25, 0.3) is 11.6 Å². The van der Waals surface area contributed by atoms with Gasteiger partial charge in [0.1, 0.15) is 5.82 Å². The van der Waals surface area contributed by atoms with Gasteiger partial charge in [0.2, 0.25) is 0 Å². The fourth-order valence-corrected chi connectivity index (χ4v) is 2.55. The lowest BCUT2D eigenvalue weighted by Gasteiger charge is -2.18. The predicted octanol–water partition coefficient (Wildman–Crippen LogP) is 1.89. The molecule has 6 nitrogen and oxygen atoms in total. The highest BCUT2D eigenvalue weighted by Crippen LogP contribution is 2.26. The van der Waals surface area contributed by atoms with E-state index in [0.29, 0.717) is 19.5 Å². The highest BCUT2D eigenvalue weighted by Gasteiger charge is 2.31. The van der Waals surface area contributed by atoms with E-state index < -0.39 is 22.8 Å². The van der Waals surface area contributed by atoms with E-state index in [1.54, 1.807) is 6.92 Å². The number of aryl methyl sites for hydroxylation is 1. The molecule has 0 saturated carbocycles. The number of non-ortho nitro benzene ring substituents is 1. The summed E-state index contributed by atoms with van der Waals surface area (Å²) in [4.78, 5) is 24.0. The van der Waals surface area contributed by atoms with Crippen molar-refractivity contribution < 1.29 is 19.2 Å². The van der Waals surface area contributed by atoms with E-state index in [1.807, 2.05) is 0 Å². The minimum atomic E-state index is -0.730. The minimum absolute atomic E-state index is 0.0446. The Morgan fingerprint density at radius 1 is 1.57 bits per heavy atom. The van der Waals surface area contributed by atoms with Crippen molar-refractivity contribution in [1.82, 2.24) is 4.90 Å². The summed E-state index contributed by atoms with van der Waals surface area (Å²) in [6, 6.07) is 2.08. The lowest BCUT2D eigenvalue weighted by molar-refractivity contribution is -0.385. The van der Waals surface area contributed by atoms with Crippen molar-refractivity contribution in [3.8, 4) is 0 Å². The lowest BCUT2D eigenvalue weighted by atomic mass is 10.0. The van der Waals surface area contributed by atoms with Crippen LogP contribution in [0.25, 0.3) is 0 Å². The van der Waals surface area contributed by atoms with Gasteiger partial charge in [-0.25, -0.2) is 4.39 Å². The van der Waals surface area contributed by atoms with Crippen LogP contribution in [0, 0.1) is 28.8 Å². The zero-order valence-corrected chi connectivity index (χ0v) is 11.9. The van der Waals surface area contributed by atoms with Gasteiger partial charge < -0.3 is 10.0 Å². The van der Waals surface area contributed by atoms with Crippen LogP contribution in [0.15, 0.2) is 12.1 Å². The molecule has 2 rings (SSSR count). The molecule has 1 saturated heterocycles. The first kappa shape index (κ1) is 15.4. The maximum atomic E-state index is 14.1. The van der Waals surface area contributed by atoms with Crippen LogP contribution in [0.5, 0.6) is 0 Å². The third kappa shape index (κ3) is 3.02. The van der Waals surface area contributed by atoms with E-state index in [4.69, 9.17) is 0 Å². The number of hydrogen-bond acceptors (Lipinski definition) is 4. The fraction of sp³-hybridized carbons (Fsp3) is 0.500. The highest BCUT2D eigenvalue weighted by atomic mass is 19.1. The lowest BCUT2D eigenvalue weighted by Crippen LogP contribution is -2.31. The molecule has 0 bridgehead atoms. The SMILES string of the molecule is Cc1cc([N+](=O)[O-])cc(C(=O)N2CCC(C(C)O)C2)c1F. The van der Waals surface area contributed by atoms with Crippen molar-refractivity contribution in [2.75, 3.05) is 13.1 Å². The van der Waals surface area contributed by atoms with E-state index in [9.17, 15) is 24.4 Å². The summed E-state index contributed by atoms with van der Waals surface area (Å²) in [5.74, 6) is -1.34. The Kier molecular flexibility index (Phi) is 4.22. The van der Waals surface area contributed by atoms with Crippen molar-refractivity contribution in [2.24, 2.45) is 5.92 Å². The summed E-state index contributed by atoms with van der Waals surface area (Å²) >= 11 is 0. The van der Waals surface area contributed by atoms with Crippen LogP contribution in [0.4, 0.5) is 10.1 Å². The summed E-state index contributed by atoms with van der Waals surface area (Å²) in [5, 5.41) is 20.4. The van der Waals surface area contributed by atoms with Gasteiger partial charge in [-0.3, -0.25) is 14.9 Å². The molecule has 0 radical (unpaired) electrons. The van der Waals surface area contributed by atoms with Crippen LogP contribution in [0.1, 0.15) is 29.3 Å². The Morgan fingerprint density at radius 3 is 2.76 bits per heavy atom. The second-order valence-corrected chi connectivity index (χ2v) is 5.42. The summed E-state index contributed by atoms with van der Waals surface area (Å²) in [7, 11) is 0. The molecule has 0 aliphatic carbocycles. The number of carbonyl (C=O) groups excluding carboxylic acids is 1. The molecule has 2 atom stereocenters. The number of rotatable bonds is 3. The van der Waals surface area contributed by atoms with Crippen LogP contribution >= 0.6 is 0 Å². The second kappa shape index (κ2) is 5.77. The predicted molar refractivity (Wildman–Crippen MR) is 73.5 cm³/mol. The van der Waals surface area contributed by atoms with Crippen molar-refractivity contribution >= 4 is 11.6 Å². The Morgan fingerprint density at radius 2 is 2.24 bits per heavy atom. The molecular formula is C14H17FN2O4. The number of benzene rings is 1. The summed E-state index contributed by atoms with van der Waals surface area (Å²) in [6.45, 7) is 3.78. The van der Waals surface area contributed by atoms with Gasteiger partial charge in [-0.1, -0.05) is 0 Å². The Balaban J connectivity index is 2.29. The number of amides is 1. The zero-order chi connectivity index (χ0) is 15.7. The number of aliphatic hydroxyl groups is 1. The summed E-state index contributed by atoms with van der Waals surface area (Å²) in [5.41, 5.74) is -0.518. The average molecular weight is 296 g/mol. The minimum Gasteiger partial charge on any atom is -0.393 e. The normalized spacial score (nSPS) is 19.6. The molecular weight excluding hydrogens is 279 g/mol. The molecule has 2 unspecified atom stereocenters. The van der Waals surface area contributed by atoms with Crippen molar-refractivity contribution in [2.45, 2.75) is 26.4 Å². The van der Waals surface area contributed by atoms with E-state index in [1.165, 1.54) is 11.8 Å². The number of likely N-dealkylation sites (tertiary alicyclic amines) is 1. The first-order valence-electron chi connectivity index (χ1n) is 6.73. The molecule has 1 aliphatic rings. The molecule has 21 heavy (non-hydrogen) atoms. The van der Waals surface area contributed by atoms with E-state index in [2.05, 4.69) is 0 Å². The maximum absolute atomic E-state index is 14.1. The van der Waals surface area contributed by atoms with Gasteiger partial charge in [-0.05, 0) is 25.8 Å². The first-order chi connectivity index (χ1) is 9.81. The van der Waals surface area contributed by atoms with Crippen molar-refractivity contribution in [3.63, 3.8) is 0 Å². The van der Waals surface area contributed by atoms with Gasteiger partial charge >= 0.3 is 0 Å². The maximum Gasteiger partial charge on any atom is 0.270 e. The quantitative estimate of drug-likeness (QED) is 0.682. The number of nitrogens with zero attached hydrogens (tertiary/aromatic N) is 2. The molecule has 7 heteroatoms. The van der Waals surface area contributed by atoms with Crippen LogP contribution in [-0.4, -0.2) is 40.0 Å². The topological polar surface area (TPSA) is 83.7 Å². The van der Waals surface area contributed by atoms with Gasteiger partial charge in [0, 0.05) is 31.1 Å². The third-order valence-electron chi connectivity index (χ3n) is 3.87. The average Bonchev–Trinajstić information content (AvgIpc) is 2.90. The van der Waals surface area contributed by atoms with Crippen molar-refractivity contribution in [1.29, 1.82) is 0 Å². The Bertz CT molecular complexity index is 589. The molecule has 114 valence electrons. The molecule has 1 N–H and O–H groups in total. The molecule has 1 fully saturated rings. The molecule has 0 spiro atoms. The molecule has 0 aromatic heterocycles. The van der Waals surface area contributed by atoms with E-state index in [0.717, 1.165) is 12.1 Å². The Labute approximate surface area is 121 Å². The van der Waals surface area contributed by atoms with Crippen molar-refractivity contribution in [3.05, 3.63) is 39.2 Å². The van der Waals surface area contributed by atoms with Gasteiger partial charge in [-0.15, -0.1) is 0 Å². The first-order valence-corrected chi connectivity index (χ1v) is 6.73. The molecule has 1 heterocycles. The number of hydrogen-bond donors (Lipinski definition) is 1. The number of carbonyl (C=O) groups is 1. The largest absolute Gasteiger partial charge is 0.393 e. The summed E-state index contributed by atoms with van der Waals surface area (Å²) < 4.78 is 14.1. The molecule has 1 amide bonds. The van der Waals surface area contributed by atoms with E-state index in [-0.39, 0.29) is 22.7 Å².